The standard InChI is InChI=1S/C6H14NO/c1-4-5(2)7-6(3)8/h5-8H,3-4H2,1-2H3. The summed E-state index contributed by atoms with van der Waals surface area (Å²) in [7, 11) is 0. The molecule has 1 radical (unpaired) electrons. The fourth-order valence-electron chi connectivity index (χ4n) is 0.446. The molecule has 0 spiro atoms. The second-order valence-corrected chi connectivity index (χ2v) is 1.99. The number of hydrogen-bond donors (Lipinski definition) is 2. The number of rotatable bonds is 3. The lowest BCUT2D eigenvalue weighted by molar-refractivity contribution is 0.167. The second-order valence-electron chi connectivity index (χ2n) is 1.99. The highest BCUT2D eigenvalue weighted by Crippen LogP contribution is 1.87. The van der Waals surface area contributed by atoms with E-state index >= 15 is 0 Å². The van der Waals surface area contributed by atoms with Crippen molar-refractivity contribution in [3.05, 3.63) is 6.92 Å². The van der Waals surface area contributed by atoms with E-state index in [1.807, 2.05) is 6.92 Å². The van der Waals surface area contributed by atoms with Crippen LogP contribution in [0.2, 0.25) is 0 Å². The number of aliphatic hydroxyl groups is 1. The Balaban J connectivity index is 3.10. The molecule has 0 aromatic heterocycles. The third-order valence-electron chi connectivity index (χ3n) is 1.09. The Bertz CT molecular complexity index is 54.5. The Morgan fingerprint density at radius 1 is 1.75 bits per heavy atom. The number of hydrogen-bond acceptors (Lipinski definition) is 2. The van der Waals surface area contributed by atoms with E-state index < -0.39 is 6.23 Å². The SMILES string of the molecule is [CH2]C(O)NC(C)CC. The van der Waals surface area contributed by atoms with Gasteiger partial charge in [0, 0.05) is 6.04 Å². The molecule has 0 amide bonds. The molecule has 0 aromatic rings. The van der Waals surface area contributed by atoms with Crippen LogP contribution in [0, 0.1) is 6.92 Å². The van der Waals surface area contributed by atoms with E-state index in [-0.39, 0.29) is 0 Å². The van der Waals surface area contributed by atoms with Crippen LogP contribution in [0.5, 0.6) is 0 Å². The highest BCUT2D eigenvalue weighted by atomic mass is 16.3. The maximum atomic E-state index is 8.63. The van der Waals surface area contributed by atoms with Gasteiger partial charge < -0.3 is 5.11 Å². The predicted molar refractivity (Wildman–Crippen MR) is 34.3 cm³/mol. The molecule has 2 heteroatoms. The van der Waals surface area contributed by atoms with Crippen molar-refractivity contribution in [1.29, 1.82) is 0 Å². The molecular formula is C6H14NO. The van der Waals surface area contributed by atoms with Crippen molar-refractivity contribution >= 4 is 0 Å². The number of aliphatic hydroxyl groups excluding tert-OH is 1. The summed E-state index contributed by atoms with van der Waals surface area (Å²) in [6.45, 7) is 7.43. The largest absolute Gasteiger partial charge is 0.379 e. The monoisotopic (exact) mass is 116 g/mol. The maximum absolute atomic E-state index is 8.63. The van der Waals surface area contributed by atoms with Crippen LogP contribution in [0.25, 0.3) is 0 Å². The van der Waals surface area contributed by atoms with Crippen molar-refractivity contribution in [3.8, 4) is 0 Å². The van der Waals surface area contributed by atoms with Gasteiger partial charge in [-0.05, 0) is 20.3 Å². The van der Waals surface area contributed by atoms with E-state index in [4.69, 9.17) is 5.11 Å². The summed E-state index contributed by atoms with van der Waals surface area (Å²) >= 11 is 0. The van der Waals surface area contributed by atoms with Crippen LogP contribution >= 0.6 is 0 Å². The molecule has 0 aliphatic rings. The topological polar surface area (TPSA) is 32.3 Å². The van der Waals surface area contributed by atoms with Gasteiger partial charge in [0.25, 0.3) is 0 Å². The Kier molecular flexibility index (Phi) is 3.83. The Morgan fingerprint density at radius 3 is 2.38 bits per heavy atom. The molecule has 0 bridgehead atoms. The van der Waals surface area contributed by atoms with Gasteiger partial charge in [-0.25, -0.2) is 0 Å². The quantitative estimate of drug-likeness (QED) is 0.527. The van der Waals surface area contributed by atoms with Crippen LogP contribution in [-0.4, -0.2) is 17.4 Å². The Morgan fingerprint density at radius 2 is 2.25 bits per heavy atom. The normalized spacial score (nSPS) is 18.0. The molecule has 0 rings (SSSR count). The molecule has 8 heavy (non-hydrogen) atoms. The summed E-state index contributed by atoms with van der Waals surface area (Å²) in [5.41, 5.74) is 0. The van der Waals surface area contributed by atoms with Crippen LogP contribution in [0.3, 0.4) is 0 Å². The molecule has 2 N–H and O–H groups in total. The summed E-state index contributed by atoms with van der Waals surface area (Å²) in [6, 6.07) is 0.363. The highest BCUT2D eigenvalue weighted by Gasteiger charge is 1.98. The first-order valence-electron chi connectivity index (χ1n) is 2.94. The van der Waals surface area contributed by atoms with Crippen molar-refractivity contribution in [2.75, 3.05) is 0 Å². The lowest BCUT2D eigenvalue weighted by Gasteiger charge is -2.12. The van der Waals surface area contributed by atoms with Gasteiger partial charge in [-0.3, -0.25) is 5.32 Å². The van der Waals surface area contributed by atoms with Crippen molar-refractivity contribution in [2.45, 2.75) is 32.5 Å². The first-order valence-corrected chi connectivity index (χ1v) is 2.94. The van der Waals surface area contributed by atoms with Crippen LogP contribution < -0.4 is 5.32 Å². The zero-order valence-corrected chi connectivity index (χ0v) is 5.52. The van der Waals surface area contributed by atoms with Crippen molar-refractivity contribution in [3.63, 3.8) is 0 Å². The van der Waals surface area contributed by atoms with Crippen molar-refractivity contribution < 1.29 is 5.11 Å². The second kappa shape index (κ2) is 3.87. The zero-order chi connectivity index (χ0) is 6.57. The van der Waals surface area contributed by atoms with E-state index in [9.17, 15) is 0 Å². The van der Waals surface area contributed by atoms with E-state index in [1.54, 1.807) is 0 Å². The molecule has 0 saturated carbocycles. The van der Waals surface area contributed by atoms with Crippen LogP contribution in [0.1, 0.15) is 20.3 Å². The van der Waals surface area contributed by atoms with Gasteiger partial charge in [-0.1, -0.05) is 6.92 Å². The van der Waals surface area contributed by atoms with Crippen LogP contribution in [0.4, 0.5) is 0 Å². The minimum absolute atomic E-state index is 0.363. The third kappa shape index (κ3) is 4.09. The van der Waals surface area contributed by atoms with Gasteiger partial charge in [-0.2, -0.15) is 0 Å². The number of nitrogens with one attached hydrogen (secondary N) is 1. The predicted octanol–water partition coefficient (Wildman–Crippen LogP) is 0.527. The van der Waals surface area contributed by atoms with E-state index in [2.05, 4.69) is 19.2 Å². The van der Waals surface area contributed by atoms with Crippen LogP contribution in [0.15, 0.2) is 0 Å². The minimum atomic E-state index is -0.620. The third-order valence-corrected chi connectivity index (χ3v) is 1.09. The first kappa shape index (κ1) is 7.92. The molecule has 49 valence electrons. The van der Waals surface area contributed by atoms with Gasteiger partial charge in [0.1, 0.15) is 6.23 Å². The lowest BCUT2D eigenvalue weighted by Crippen LogP contribution is -2.33. The molecule has 0 heterocycles. The molecule has 0 aliphatic heterocycles. The fourth-order valence-corrected chi connectivity index (χ4v) is 0.446. The molecule has 2 atom stereocenters. The average Bonchev–Trinajstić information content (AvgIpc) is 1.65. The molecular weight excluding hydrogens is 102 g/mol. The Hall–Kier alpha value is -0.0800. The lowest BCUT2D eigenvalue weighted by atomic mass is 10.2. The van der Waals surface area contributed by atoms with Gasteiger partial charge in [0.15, 0.2) is 0 Å². The van der Waals surface area contributed by atoms with Gasteiger partial charge in [-0.15, -0.1) is 0 Å². The van der Waals surface area contributed by atoms with E-state index in [0.717, 1.165) is 6.42 Å². The maximum Gasteiger partial charge on any atom is 0.105 e. The zero-order valence-electron chi connectivity index (χ0n) is 5.52. The minimum Gasteiger partial charge on any atom is -0.379 e. The summed E-state index contributed by atoms with van der Waals surface area (Å²) in [5, 5.41) is 11.5. The summed E-state index contributed by atoms with van der Waals surface area (Å²) in [4.78, 5) is 0. The van der Waals surface area contributed by atoms with Gasteiger partial charge >= 0.3 is 0 Å². The van der Waals surface area contributed by atoms with Gasteiger partial charge in [0.2, 0.25) is 0 Å². The van der Waals surface area contributed by atoms with Crippen molar-refractivity contribution in [1.82, 2.24) is 5.32 Å². The first-order chi connectivity index (χ1) is 3.66. The van der Waals surface area contributed by atoms with Gasteiger partial charge in [0.05, 0.1) is 0 Å². The highest BCUT2D eigenvalue weighted by molar-refractivity contribution is 4.61. The molecule has 0 saturated heterocycles. The summed E-state index contributed by atoms with van der Waals surface area (Å²) in [6.07, 6.45) is 0.400. The van der Waals surface area contributed by atoms with Crippen LogP contribution in [-0.2, 0) is 0 Å². The smallest absolute Gasteiger partial charge is 0.105 e. The molecule has 0 aliphatic carbocycles. The van der Waals surface area contributed by atoms with E-state index in [1.165, 1.54) is 0 Å². The molecule has 2 nitrogen and oxygen atoms in total. The average molecular weight is 116 g/mol. The molecule has 0 aromatic carbocycles. The van der Waals surface area contributed by atoms with E-state index in [0.29, 0.717) is 6.04 Å². The fraction of sp³-hybridized carbons (Fsp3) is 0.833. The summed E-state index contributed by atoms with van der Waals surface area (Å²) < 4.78 is 0. The molecule has 2 unspecified atom stereocenters. The Labute approximate surface area is 50.9 Å². The summed E-state index contributed by atoms with van der Waals surface area (Å²) in [5.74, 6) is 0. The molecule has 0 fully saturated rings. The van der Waals surface area contributed by atoms with Crippen molar-refractivity contribution in [2.24, 2.45) is 0 Å².